The average molecular weight is 1730 g/mol. The van der Waals surface area contributed by atoms with Crippen LogP contribution in [0.4, 0.5) is 4.39 Å². The Kier molecular flexibility index (Phi) is 19.7. The van der Waals surface area contributed by atoms with Crippen molar-refractivity contribution in [1.82, 2.24) is 19.6 Å². The first-order valence-corrected chi connectivity index (χ1v) is 43.6. The van der Waals surface area contributed by atoms with Crippen molar-refractivity contribution in [3.63, 3.8) is 0 Å². The first-order chi connectivity index (χ1) is 60.4. The number of benzene rings is 4. The van der Waals surface area contributed by atoms with Gasteiger partial charge in [0.2, 0.25) is 44.5 Å². The van der Waals surface area contributed by atoms with E-state index in [1.165, 1.54) is 23.8 Å². The first-order valence-electron chi connectivity index (χ1n) is 43.6. The van der Waals surface area contributed by atoms with Gasteiger partial charge in [-0.1, -0.05) is 13.3 Å². The molecule has 0 amide bonds. The van der Waals surface area contributed by atoms with Gasteiger partial charge in [-0.25, -0.2) is 19.2 Å². The Morgan fingerprint density at radius 1 is 0.400 bits per heavy atom. The molecule has 8 saturated heterocycles. The van der Waals surface area contributed by atoms with E-state index in [1.54, 1.807) is 28.3 Å². The lowest BCUT2D eigenvalue weighted by Gasteiger charge is -2.41. The molecular formula is C92H99FN4O28. The molecule has 0 unspecified atom stereocenters. The fourth-order valence-electron chi connectivity index (χ4n) is 24.0. The number of methoxy groups -OCH3 is 4. The molecule has 0 bridgehead atoms. The molecule has 0 aromatic heterocycles. The van der Waals surface area contributed by atoms with E-state index in [-0.39, 0.29) is 105 Å². The van der Waals surface area contributed by atoms with Gasteiger partial charge in [-0.05, 0) is 234 Å². The molecule has 16 heterocycles. The topological polar surface area (TPSA) is 334 Å². The molecule has 33 heteroatoms. The zero-order valence-electron chi connectivity index (χ0n) is 70.4. The molecule has 16 atom stereocenters. The zero-order valence-corrected chi connectivity index (χ0v) is 70.4. The Hall–Kier alpha value is -11.0. The highest BCUT2D eigenvalue weighted by molar-refractivity contribution is 5.95. The summed E-state index contributed by atoms with van der Waals surface area (Å²) in [5, 5.41) is 0. The molecule has 24 rings (SSSR count). The van der Waals surface area contributed by atoms with Gasteiger partial charge in [0.1, 0.15) is 29.5 Å². The van der Waals surface area contributed by atoms with Gasteiger partial charge in [-0.15, -0.1) is 0 Å². The summed E-state index contributed by atoms with van der Waals surface area (Å²) in [5.41, 5.74) is 5.26. The van der Waals surface area contributed by atoms with E-state index < -0.39 is 89.4 Å². The second-order valence-corrected chi connectivity index (χ2v) is 36.0. The van der Waals surface area contributed by atoms with Crippen LogP contribution >= 0.6 is 0 Å². The molecule has 4 aromatic carbocycles. The van der Waals surface area contributed by atoms with E-state index >= 15 is 0 Å². The Bertz CT molecular complexity index is 5160. The molecule has 4 spiro atoms. The van der Waals surface area contributed by atoms with Gasteiger partial charge in [0, 0.05) is 26.2 Å². The Labute approximate surface area is 718 Å². The van der Waals surface area contributed by atoms with Gasteiger partial charge in [0.25, 0.3) is 0 Å². The number of fused-ring (bicyclic) bond motifs is 12. The number of carbonyl (C=O) groups is 8. The van der Waals surface area contributed by atoms with Crippen LogP contribution < -0.4 is 37.9 Å². The smallest absolute Gasteiger partial charge is 0.386 e. The van der Waals surface area contributed by atoms with Crippen molar-refractivity contribution in [3.05, 3.63) is 140 Å². The lowest BCUT2D eigenvalue weighted by molar-refractivity contribution is -0.240. The number of ether oxygens (including phenoxy) is 20. The van der Waals surface area contributed by atoms with Gasteiger partial charge in [-0.3, -0.25) is 38.8 Å². The molecule has 125 heavy (non-hydrogen) atoms. The standard InChI is InChI=1S/C25H29NO7.C23H25NO7.C22H22FNO7.C22H23NO7/c1-3-6-25(13-20(27)33-25)23(28)32-22-19(29-2)12-24-7-4-8-26(24)9-5-15-10-17-18(31-14-30-17)11-16(15)21(22)24;1-22(11-18(25)31-22)21(26)30-20-17(27-2)10-23-5-3-6-24(23)7-4-13-8-15-16(29-12-28-15)9-14(13)19(20)23;1-27-16-9-21-4-2-5-24(21)6-3-12-7-14-15(29-11-28-14)8-13(12)18(21)19(16)30-20(26)22(23)10-17(25)31-22;1-26-17-10-22-4-2-5-23(22)6-3-12-7-14-15(28-11-27-14)8-13(12)19(22)20(17)30-21(25)16-9-18(24)29-16/h10-12,21-22H,3-9,13-14H2,1-2H3;8-10,19-20H,3-7,11-12H2,1-2H3;7-9,18-19H,2-6,10-11H2,1H3;7-8,10,16,19-20H,2-6,9,11H2,1H3/t21-,22-,24+,25-;19-,20-,22-,23+;18-,19-,21+,22-;16-,19-,20-,22+/m1111/s1. The maximum atomic E-state index is 14.7. The minimum Gasteiger partial charge on any atom is -0.497 e. The SMILES string of the molecule is CCC[C@]1(C(=O)O[C@@H]2C(OC)=C[C@]34CCCN3CCc3cc5c(cc3[C@H]24)OCO5)CC(=O)O1.COC1=C[C@]23CCCN2CCc2cc4c(cc2[C@@H]3[C@@H]1OC(=O)[C@@]1(C)CC(=O)O1)OCO4.COC1=C[C@]23CCCN2CCc2cc4c(cc2[C@@H]3[C@@H]1OC(=O)[C@@]1(F)CC(=O)O1)OCO4.COC1=C[C@]23CCCN2CCc2cc4c(cc2[C@@H]3[C@@H]1OC(=O)[C@H]1CC(=O)O1)OCO4. The number of cyclic esters (lactones) is 4. The summed E-state index contributed by atoms with van der Waals surface area (Å²) in [6.07, 6.45) is 17.1. The lowest BCUT2D eigenvalue weighted by atomic mass is 9.77. The van der Waals surface area contributed by atoms with E-state index in [9.17, 15) is 42.7 Å². The van der Waals surface area contributed by atoms with Crippen molar-refractivity contribution in [2.45, 2.75) is 223 Å². The van der Waals surface area contributed by atoms with Gasteiger partial charge in [0.05, 0.1) is 93.5 Å². The van der Waals surface area contributed by atoms with Crippen LogP contribution in [0.25, 0.3) is 0 Å². The Balaban J connectivity index is 0.000000102. The number of halogens is 1. The van der Waals surface area contributed by atoms with E-state index in [2.05, 4.69) is 66.8 Å². The second kappa shape index (κ2) is 30.4. The minimum absolute atomic E-state index is 0.0296. The quantitative estimate of drug-likeness (QED) is 0.0843. The molecule has 0 radical (unpaired) electrons. The van der Waals surface area contributed by atoms with Crippen molar-refractivity contribution in [2.24, 2.45) is 0 Å². The van der Waals surface area contributed by atoms with Gasteiger partial charge < -0.3 is 94.7 Å². The molecule has 0 N–H and O–H groups in total. The van der Waals surface area contributed by atoms with Crippen molar-refractivity contribution in [3.8, 4) is 46.0 Å². The normalized spacial score (nSPS) is 34.4. The highest BCUT2D eigenvalue weighted by Gasteiger charge is 2.66. The maximum Gasteiger partial charge on any atom is 0.386 e. The fourth-order valence-corrected chi connectivity index (χ4v) is 24.0. The molecule has 32 nitrogen and oxygen atoms in total. The van der Waals surface area contributed by atoms with Crippen LogP contribution in [0.15, 0.2) is 95.9 Å². The van der Waals surface area contributed by atoms with Crippen molar-refractivity contribution >= 4 is 47.8 Å². The summed E-state index contributed by atoms with van der Waals surface area (Å²) in [4.78, 5) is 107. The van der Waals surface area contributed by atoms with Crippen LogP contribution in [0.1, 0.15) is 172 Å². The summed E-state index contributed by atoms with van der Waals surface area (Å²) < 4.78 is 126. The van der Waals surface area contributed by atoms with E-state index in [0.717, 1.165) is 192 Å². The third-order valence-electron chi connectivity index (χ3n) is 29.7. The molecule has 4 aliphatic carbocycles. The first kappa shape index (κ1) is 81.0. The van der Waals surface area contributed by atoms with E-state index in [4.69, 9.17) is 90.0 Å². The average Bonchev–Trinajstić information content (AvgIpc) is 1.56. The number of rotatable bonds is 14. The van der Waals surface area contributed by atoms with Crippen LogP contribution in [-0.2, 0) is 121 Å². The predicted molar refractivity (Wildman–Crippen MR) is 427 cm³/mol. The summed E-state index contributed by atoms with van der Waals surface area (Å²) in [7, 11) is 6.36. The molecule has 8 fully saturated rings. The molecular weight excluding hydrogens is 1630 g/mol. The van der Waals surface area contributed by atoms with Crippen molar-refractivity contribution in [1.29, 1.82) is 0 Å². The maximum absolute atomic E-state index is 14.7. The minimum atomic E-state index is -2.73. The van der Waals surface area contributed by atoms with Crippen molar-refractivity contribution in [2.75, 3.05) is 108 Å². The van der Waals surface area contributed by atoms with Crippen molar-refractivity contribution < 1.29 is 137 Å². The number of esters is 8. The highest BCUT2D eigenvalue weighted by atomic mass is 19.2. The molecule has 4 aromatic rings. The lowest BCUT2D eigenvalue weighted by Crippen LogP contribution is -2.56. The summed E-state index contributed by atoms with van der Waals surface area (Å²) in [6.45, 7) is 11.8. The Morgan fingerprint density at radius 3 is 0.992 bits per heavy atom. The third kappa shape index (κ3) is 12.9. The summed E-state index contributed by atoms with van der Waals surface area (Å²) >= 11 is 0. The summed E-state index contributed by atoms with van der Waals surface area (Å²) in [6, 6.07) is 16.3. The van der Waals surface area contributed by atoms with Gasteiger partial charge >= 0.3 is 53.6 Å². The number of alkyl halides is 1. The van der Waals surface area contributed by atoms with Gasteiger partial charge in [0.15, 0.2) is 70.4 Å². The highest BCUT2D eigenvalue weighted by Crippen LogP contribution is 2.62. The molecule has 662 valence electrons. The van der Waals surface area contributed by atoms with Gasteiger partial charge in [-0.2, -0.15) is 4.39 Å². The van der Waals surface area contributed by atoms with Crippen LogP contribution in [-0.4, -0.2) is 245 Å². The summed E-state index contributed by atoms with van der Waals surface area (Å²) in [5.74, 6) is 0.153. The number of hydrogen-bond donors (Lipinski definition) is 0. The Morgan fingerprint density at radius 2 is 0.696 bits per heavy atom. The molecule has 0 saturated carbocycles. The third-order valence-corrected chi connectivity index (χ3v) is 29.7. The number of carbonyl (C=O) groups excluding carboxylic acids is 8. The molecule has 16 aliphatic heterocycles. The number of nitrogens with zero attached hydrogens (tertiary/aromatic N) is 4. The van der Waals surface area contributed by atoms with Crippen LogP contribution in [0.2, 0.25) is 0 Å². The van der Waals surface area contributed by atoms with Crippen LogP contribution in [0.3, 0.4) is 0 Å². The van der Waals surface area contributed by atoms with Crippen LogP contribution in [0, 0.1) is 0 Å². The fraction of sp³-hybridized carbons (Fsp3) is 0.565. The zero-order chi connectivity index (χ0) is 86.0. The second-order valence-electron chi connectivity index (χ2n) is 36.0. The molecule has 20 aliphatic rings. The predicted octanol–water partition coefficient (Wildman–Crippen LogP) is 8.50. The largest absolute Gasteiger partial charge is 0.497 e. The number of hydrogen-bond acceptors (Lipinski definition) is 32. The monoisotopic (exact) mass is 1730 g/mol. The van der Waals surface area contributed by atoms with Crippen LogP contribution in [0.5, 0.6) is 46.0 Å². The van der Waals surface area contributed by atoms with E-state index in [0.29, 0.717) is 47.4 Å². The van der Waals surface area contributed by atoms with E-state index in [1.807, 2.05) is 37.3 Å².